The Balaban J connectivity index is 1.66. The Morgan fingerprint density at radius 3 is 2.59 bits per heavy atom. The zero-order valence-electron chi connectivity index (χ0n) is 17.2. The van der Waals surface area contributed by atoms with Crippen LogP contribution in [0.1, 0.15) is 58.4 Å². The zero-order valence-corrected chi connectivity index (χ0v) is 18.0. The van der Waals surface area contributed by atoms with Gasteiger partial charge in [0.25, 0.3) is 0 Å². The second-order valence-corrected chi connectivity index (χ2v) is 8.84. The van der Waals surface area contributed by atoms with Crippen molar-refractivity contribution in [3.05, 3.63) is 35.9 Å². The number of aromatic nitrogens is 3. The van der Waals surface area contributed by atoms with E-state index < -0.39 is 0 Å². The highest BCUT2D eigenvalue weighted by Gasteiger charge is 2.22. The first-order chi connectivity index (χ1) is 13.9. The van der Waals surface area contributed by atoms with Crippen molar-refractivity contribution in [1.29, 1.82) is 0 Å². The summed E-state index contributed by atoms with van der Waals surface area (Å²) < 4.78 is 21.1. The lowest BCUT2D eigenvalue weighted by Gasteiger charge is -2.18. The molecule has 1 aliphatic carbocycles. The summed E-state index contributed by atoms with van der Waals surface area (Å²) in [4.78, 5) is 12.3. The molecule has 0 spiro atoms. The summed E-state index contributed by atoms with van der Waals surface area (Å²) in [7, 11) is 0. The Labute approximate surface area is 175 Å². The number of carbonyl (C=O) groups excluding carboxylic acids is 1. The van der Waals surface area contributed by atoms with Crippen molar-refractivity contribution in [3.8, 4) is 5.75 Å². The van der Waals surface area contributed by atoms with E-state index in [9.17, 15) is 9.18 Å². The highest BCUT2D eigenvalue weighted by molar-refractivity contribution is 7.99. The van der Waals surface area contributed by atoms with Crippen LogP contribution in [0.5, 0.6) is 5.75 Å². The number of carbonyl (C=O) groups is 1. The van der Waals surface area contributed by atoms with Gasteiger partial charge in [0.05, 0.1) is 5.75 Å². The Morgan fingerprint density at radius 1 is 1.24 bits per heavy atom. The molecule has 3 rings (SSSR count). The van der Waals surface area contributed by atoms with E-state index in [1.807, 2.05) is 11.5 Å². The van der Waals surface area contributed by atoms with E-state index in [-0.39, 0.29) is 17.8 Å². The van der Waals surface area contributed by atoms with Crippen molar-refractivity contribution >= 4 is 17.7 Å². The van der Waals surface area contributed by atoms with Crippen LogP contribution in [0.15, 0.2) is 29.4 Å². The molecule has 1 aromatic carbocycles. The van der Waals surface area contributed by atoms with E-state index in [0.717, 1.165) is 19.4 Å². The Morgan fingerprint density at radius 2 is 1.93 bits per heavy atom. The maximum absolute atomic E-state index is 13.1. The van der Waals surface area contributed by atoms with Gasteiger partial charge in [-0.15, -0.1) is 10.2 Å². The van der Waals surface area contributed by atoms with Crippen molar-refractivity contribution in [2.24, 2.45) is 5.92 Å². The largest absolute Gasteiger partial charge is 0.483 e. The quantitative estimate of drug-likeness (QED) is 0.610. The van der Waals surface area contributed by atoms with Crippen molar-refractivity contribution in [1.82, 2.24) is 20.1 Å². The lowest BCUT2D eigenvalue weighted by atomic mass is 10.2. The number of amides is 1. The molecule has 1 aromatic heterocycles. The lowest BCUT2D eigenvalue weighted by molar-refractivity contribution is -0.119. The van der Waals surface area contributed by atoms with Gasteiger partial charge < -0.3 is 14.6 Å². The molecule has 6 nitrogen and oxygen atoms in total. The zero-order chi connectivity index (χ0) is 20.8. The molecule has 2 aromatic rings. The Bertz CT molecular complexity index is 804. The summed E-state index contributed by atoms with van der Waals surface area (Å²) in [6.45, 7) is 6.87. The SMILES string of the molecule is CC(C)Cn1c(SCC(=O)NC2CCCC2)nnc1C(C)Oc1ccc(F)cc1. The van der Waals surface area contributed by atoms with E-state index in [1.54, 1.807) is 12.1 Å². The van der Waals surface area contributed by atoms with Gasteiger partial charge in [-0.05, 0) is 49.9 Å². The monoisotopic (exact) mass is 420 g/mol. The Kier molecular flexibility index (Phi) is 7.52. The fourth-order valence-electron chi connectivity index (χ4n) is 3.48. The van der Waals surface area contributed by atoms with Crippen LogP contribution in [0.25, 0.3) is 0 Å². The van der Waals surface area contributed by atoms with Crippen molar-refractivity contribution in [2.45, 2.75) is 70.3 Å². The normalized spacial score (nSPS) is 15.6. The molecule has 0 bridgehead atoms. The molecule has 0 saturated heterocycles. The average Bonchev–Trinajstić information content (AvgIpc) is 3.31. The third-order valence-corrected chi connectivity index (χ3v) is 5.80. The van der Waals surface area contributed by atoms with Gasteiger partial charge in [-0.2, -0.15) is 0 Å². The van der Waals surface area contributed by atoms with E-state index >= 15 is 0 Å². The first kappa shape index (κ1) is 21.6. The van der Waals surface area contributed by atoms with Gasteiger partial charge in [0, 0.05) is 12.6 Å². The van der Waals surface area contributed by atoms with Crippen LogP contribution in [0.2, 0.25) is 0 Å². The van der Waals surface area contributed by atoms with Gasteiger partial charge in [-0.1, -0.05) is 38.5 Å². The predicted octanol–water partition coefficient (Wildman–Crippen LogP) is 4.36. The first-order valence-corrected chi connectivity index (χ1v) is 11.2. The number of rotatable bonds is 9. The second-order valence-electron chi connectivity index (χ2n) is 7.90. The standard InChI is InChI=1S/C21H29FN4O2S/c1-14(2)12-26-20(15(3)28-18-10-8-16(22)9-11-18)24-25-21(26)29-13-19(27)23-17-6-4-5-7-17/h8-11,14-15,17H,4-7,12-13H2,1-3H3,(H,23,27). The van der Waals surface area contributed by atoms with Crippen LogP contribution in [0, 0.1) is 11.7 Å². The summed E-state index contributed by atoms with van der Waals surface area (Å²) in [5.74, 6) is 1.71. The molecule has 0 radical (unpaired) electrons. The van der Waals surface area contributed by atoms with E-state index in [2.05, 4.69) is 29.4 Å². The van der Waals surface area contributed by atoms with Gasteiger partial charge in [0.15, 0.2) is 17.1 Å². The fraction of sp³-hybridized carbons (Fsp3) is 0.571. The molecule has 1 saturated carbocycles. The number of halogens is 1. The molecular weight excluding hydrogens is 391 g/mol. The highest BCUT2D eigenvalue weighted by Crippen LogP contribution is 2.26. The number of ether oxygens (including phenoxy) is 1. The number of nitrogens with zero attached hydrogens (tertiary/aromatic N) is 3. The average molecular weight is 421 g/mol. The maximum Gasteiger partial charge on any atom is 0.230 e. The van der Waals surface area contributed by atoms with E-state index in [4.69, 9.17) is 4.74 Å². The molecule has 29 heavy (non-hydrogen) atoms. The minimum atomic E-state index is -0.353. The Hall–Kier alpha value is -2.09. The van der Waals surface area contributed by atoms with E-state index in [1.165, 1.54) is 36.7 Å². The molecule has 1 amide bonds. The van der Waals surface area contributed by atoms with Crippen LogP contribution >= 0.6 is 11.8 Å². The summed E-state index contributed by atoms with van der Waals surface area (Å²) in [5.41, 5.74) is 0. The van der Waals surface area contributed by atoms with Crippen LogP contribution in [0.3, 0.4) is 0 Å². The summed E-state index contributed by atoms with van der Waals surface area (Å²) >= 11 is 1.40. The second kappa shape index (κ2) is 10.1. The minimum Gasteiger partial charge on any atom is -0.483 e. The third-order valence-electron chi connectivity index (χ3n) is 4.84. The molecule has 0 aliphatic heterocycles. The number of thioether (sulfide) groups is 1. The number of benzene rings is 1. The molecular formula is C21H29FN4O2S. The predicted molar refractivity (Wildman–Crippen MR) is 111 cm³/mol. The first-order valence-electron chi connectivity index (χ1n) is 10.2. The van der Waals surface area contributed by atoms with Crippen LogP contribution in [0.4, 0.5) is 4.39 Å². The minimum absolute atomic E-state index is 0.0400. The molecule has 1 atom stereocenters. The highest BCUT2D eigenvalue weighted by atomic mass is 32.2. The number of hydrogen-bond donors (Lipinski definition) is 1. The molecule has 1 N–H and O–H groups in total. The van der Waals surface area contributed by atoms with Crippen LogP contribution in [-0.4, -0.2) is 32.5 Å². The number of hydrogen-bond acceptors (Lipinski definition) is 5. The van der Waals surface area contributed by atoms with Crippen molar-refractivity contribution in [3.63, 3.8) is 0 Å². The third kappa shape index (κ3) is 6.19. The van der Waals surface area contributed by atoms with Gasteiger partial charge in [0.2, 0.25) is 5.91 Å². The summed E-state index contributed by atoms with van der Waals surface area (Å²) in [5, 5.41) is 12.4. The lowest BCUT2D eigenvalue weighted by Crippen LogP contribution is -2.33. The molecule has 1 fully saturated rings. The molecule has 1 unspecified atom stereocenters. The van der Waals surface area contributed by atoms with Gasteiger partial charge >= 0.3 is 0 Å². The topological polar surface area (TPSA) is 69.0 Å². The van der Waals surface area contributed by atoms with Crippen molar-refractivity contribution < 1.29 is 13.9 Å². The van der Waals surface area contributed by atoms with Gasteiger partial charge in [-0.3, -0.25) is 4.79 Å². The smallest absolute Gasteiger partial charge is 0.230 e. The van der Waals surface area contributed by atoms with Crippen LogP contribution < -0.4 is 10.1 Å². The molecule has 158 valence electrons. The van der Waals surface area contributed by atoms with Gasteiger partial charge in [0.1, 0.15) is 11.6 Å². The number of nitrogens with one attached hydrogen (secondary N) is 1. The fourth-order valence-corrected chi connectivity index (χ4v) is 4.25. The molecule has 1 heterocycles. The molecule has 8 heteroatoms. The summed E-state index contributed by atoms with van der Waals surface area (Å²) in [6, 6.07) is 6.24. The maximum atomic E-state index is 13.1. The van der Waals surface area contributed by atoms with Crippen molar-refractivity contribution in [2.75, 3.05) is 5.75 Å². The van der Waals surface area contributed by atoms with E-state index in [0.29, 0.717) is 34.4 Å². The van der Waals surface area contributed by atoms with Gasteiger partial charge in [-0.25, -0.2) is 4.39 Å². The van der Waals surface area contributed by atoms with Crippen LogP contribution in [-0.2, 0) is 11.3 Å². The summed E-state index contributed by atoms with van der Waals surface area (Å²) in [6.07, 6.45) is 4.17. The molecule has 1 aliphatic rings.